The van der Waals surface area contributed by atoms with Crippen molar-refractivity contribution in [3.8, 4) is 0 Å². The Labute approximate surface area is 131 Å². The van der Waals surface area contributed by atoms with Gasteiger partial charge >= 0.3 is 5.97 Å². The molecule has 11 heteroatoms. The molecule has 1 aliphatic heterocycles. The number of hydrogen-bond donors (Lipinski definition) is 8. The van der Waals surface area contributed by atoms with E-state index in [0.29, 0.717) is 0 Å². The van der Waals surface area contributed by atoms with E-state index in [9.17, 15) is 15.0 Å². The number of aromatic amines is 1. The van der Waals surface area contributed by atoms with Gasteiger partial charge < -0.3 is 46.7 Å². The Morgan fingerprint density at radius 2 is 2.04 bits per heavy atom. The molecule has 0 bridgehead atoms. The zero-order chi connectivity index (χ0) is 17.6. The molecular formula is C12H22N4O7. The van der Waals surface area contributed by atoms with Gasteiger partial charge in [0.1, 0.15) is 24.4 Å². The Bertz CT molecular complexity index is 467. The van der Waals surface area contributed by atoms with E-state index < -0.39 is 49.3 Å². The molecule has 2 heterocycles. The highest BCUT2D eigenvalue weighted by atomic mass is 16.6. The molecule has 0 aliphatic carbocycles. The molecule has 11 nitrogen and oxygen atoms in total. The molecule has 23 heavy (non-hydrogen) atoms. The molecule has 1 aromatic rings. The van der Waals surface area contributed by atoms with Crippen LogP contribution < -0.4 is 11.5 Å². The molecular weight excluding hydrogens is 312 g/mol. The van der Waals surface area contributed by atoms with E-state index in [0.717, 1.165) is 5.69 Å². The lowest BCUT2D eigenvalue weighted by Crippen LogP contribution is -2.61. The van der Waals surface area contributed by atoms with Crippen molar-refractivity contribution >= 4 is 5.97 Å². The summed E-state index contributed by atoms with van der Waals surface area (Å²) >= 11 is 0. The summed E-state index contributed by atoms with van der Waals surface area (Å²) in [6, 6.07) is -1.89. The summed E-state index contributed by atoms with van der Waals surface area (Å²) in [4.78, 5) is 16.8. The van der Waals surface area contributed by atoms with Crippen LogP contribution in [0.3, 0.4) is 0 Å². The highest BCUT2D eigenvalue weighted by Gasteiger charge is 2.41. The third-order valence-corrected chi connectivity index (χ3v) is 3.26. The number of nitrogens with zero attached hydrogens (tertiary/aromatic N) is 1. The number of carboxylic acids is 1. The molecule has 10 N–H and O–H groups in total. The van der Waals surface area contributed by atoms with Gasteiger partial charge in [-0.2, -0.15) is 0 Å². The van der Waals surface area contributed by atoms with Gasteiger partial charge in [-0.25, -0.2) is 4.98 Å². The molecule has 1 fully saturated rings. The van der Waals surface area contributed by atoms with Crippen LogP contribution in [0.15, 0.2) is 12.5 Å². The number of carbonyl (C=O) groups is 1. The number of aliphatic hydroxyl groups is 4. The van der Waals surface area contributed by atoms with Crippen molar-refractivity contribution in [3.63, 3.8) is 0 Å². The van der Waals surface area contributed by atoms with E-state index in [4.69, 9.17) is 31.5 Å². The predicted octanol–water partition coefficient (Wildman–Crippen LogP) is -3.89. The smallest absolute Gasteiger partial charge is 0.320 e. The van der Waals surface area contributed by atoms with Gasteiger partial charge in [-0.15, -0.1) is 0 Å². The van der Waals surface area contributed by atoms with Crippen LogP contribution in [0.25, 0.3) is 0 Å². The lowest BCUT2D eigenvalue weighted by Gasteiger charge is -2.38. The number of aromatic nitrogens is 2. The highest BCUT2D eigenvalue weighted by Crippen LogP contribution is 2.17. The van der Waals surface area contributed by atoms with Crippen LogP contribution in [0.5, 0.6) is 0 Å². The molecule has 6 atom stereocenters. The number of rotatable bonds is 4. The maximum Gasteiger partial charge on any atom is 0.320 e. The first-order valence-electron chi connectivity index (χ1n) is 6.79. The summed E-state index contributed by atoms with van der Waals surface area (Å²) in [5.74, 6) is -1.00. The summed E-state index contributed by atoms with van der Waals surface area (Å²) < 4.78 is 4.70. The number of H-pyrrole nitrogens is 1. The molecule has 0 unspecified atom stereocenters. The number of nitrogens with two attached hydrogens (primary N) is 2. The highest BCUT2D eigenvalue weighted by molar-refractivity contribution is 5.73. The van der Waals surface area contributed by atoms with E-state index in [1.54, 1.807) is 6.20 Å². The van der Waals surface area contributed by atoms with Crippen LogP contribution in [0, 0.1) is 0 Å². The van der Waals surface area contributed by atoms with Crippen molar-refractivity contribution in [1.82, 2.24) is 9.97 Å². The monoisotopic (exact) mass is 334 g/mol. The quantitative estimate of drug-likeness (QED) is 0.268. The standard InChI is InChI=1S/C6H9N3O2.C6H13NO5/c7-5(6(10)11)1-4-2-8-3-9-4;7-3-5(10)4(9)2(1-8)12-6(3)11/h2-3,5H,1,7H2,(H,8,9)(H,10,11);2-6,8-11H,1,7H2/t5-;2-,3-,4-,5-,6-/m01/s1. The van der Waals surface area contributed by atoms with E-state index in [2.05, 4.69) is 9.97 Å². The Morgan fingerprint density at radius 3 is 2.52 bits per heavy atom. The third-order valence-electron chi connectivity index (χ3n) is 3.26. The van der Waals surface area contributed by atoms with Crippen molar-refractivity contribution in [1.29, 1.82) is 0 Å². The number of ether oxygens (including phenoxy) is 1. The molecule has 0 aromatic carbocycles. The van der Waals surface area contributed by atoms with Gasteiger partial charge in [-0.3, -0.25) is 4.79 Å². The summed E-state index contributed by atoms with van der Waals surface area (Å²) in [5.41, 5.74) is 11.3. The van der Waals surface area contributed by atoms with E-state index in [1.165, 1.54) is 6.33 Å². The fourth-order valence-corrected chi connectivity index (χ4v) is 1.84. The molecule has 0 amide bonds. The zero-order valence-electron chi connectivity index (χ0n) is 12.2. The average Bonchev–Trinajstić information content (AvgIpc) is 3.02. The van der Waals surface area contributed by atoms with Crippen LogP contribution in [-0.2, 0) is 16.0 Å². The maximum absolute atomic E-state index is 10.3. The number of imidazole rings is 1. The molecule has 132 valence electrons. The third kappa shape index (κ3) is 5.51. The molecule has 2 rings (SSSR count). The fraction of sp³-hybridized carbons (Fsp3) is 0.667. The Kier molecular flexibility index (Phi) is 7.51. The number of aliphatic carboxylic acids is 1. The summed E-state index contributed by atoms with van der Waals surface area (Å²) in [5, 5.41) is 44.5. The van der Waals surface area contributed by atoms with E-state index >= 15 is 0 Å². The molecule has 0 radical (unpaired) electrons. The topological polar surface area (TPSA) is 208 Å². The first-order chi connectivity index (χ1) is 10.8. The first kappa shape index (κ1) is 19.4. The minimum Gasteiger partial charge on any atom is -0.480 e. The number of nitrogens with one attached hydrogen (secondary N) is 1. The SMILES string of the molecule is N[C@@H](Cc1cnc[nH]1)C(=O)O.N[C@@H]1[C@@H](O)[C@H](O)[C@@H](CO)O[C@H]1O. The van der Waals surface area contributed by atoms with Gasteiger partial charge in [0.2, 0.25) is 0 Å². The van der Waals surface area contributed by atoms with Crippen molar-refractivity contribution in [2.45, 2.75) is 43.1 Å². The normalized spacial score (nSPS) is 31.8. The average molecular weight is 334 g/mol. The zero-order valence-corrected chi connectivity index (χ0v) is 12.2. The molecule has 1 aliphatic rings. The first-order valence-corrected chi connectivity index (χ1v) is 6.79. The van der Waals surface area contributed by atoms with Gasteiger partial charge in [-0.1, -0.05) is 0 Å². The Morgan fingerprint density at radius 1 is 1.39 bits per heavy atom. The minimum absolute atomic E-state index is 0.287. The van der Waals surface area contributed by atoms with E-state index in [-0.39, 0.29) is 6.42 Å². The van der Waals surface area contributed by atoms with Gasteiger partial charge in [-0.05, 0) is 0 Å². The summed E-state index contributed by atoms with van der Waals surface area (Å²) in [6.07, 6.45) is -1.52. The van der Waals surface area contributed by atoms with Crippen LogP contribution in [0.1, 0.15) is 5.69 Å². The molecule has 0 spiro atoms. The number of hydrogen-bond acceptors (Lipinski definition) is 9. The van der Waals surface area contributed by atoms with Crippen molar-refractivity contribution < 1.29 is 35.1 Å². The maximum atomic E-state index is 10.3. The predicted molar refractivity (Wildman–Crippen MR) is 75.9 cm³/mol. The van der Waals surface area contributed by atoms with Crippen LogP contribution in [0.4, 0.5) is 0 Å². The van der Waals surface area contributed by atoms with Gasteiger partial charge in [0.05, 0.1) is 19.0 Å². The van der Waals surface area contributed by atoms with Gasteiger partial charge in [0.25, 0.3) is 0 Å². The lowest BCUT2D eigenvalue weighted by molar-refractivity contribution is -0.248. The number of carboxylic acid groups (broad SMARTS) is 1. The van der Waals surface area contributed by atoms with Gasteiger partial charge in [0, 0.05) is 18.3 Å². The lowest BCUT2D eigenvalue weighted by atomic mass is 9.98. The molecule has 0 saturated carbocycles. The largest absolute Gasteiger partial charge is 0.480 e. The minimum atomic E-state index is -1.35. The second-order valence-electron chi connectivity index (χ2n) is 5.03. The van der Waals surface area contributed by atoms with Crippen LogP contribution in [0.2, 0.25) is 0 Å². The van der Waals surface area contributed by atoms with Crippen molar-refractivity contribution in [2.75, 3.05) is 6.61 Å². The Balaban J connectivity index is 0.000000231. The van der Waals surface area contributed by atoms with Gasteiger partial charge in [0.15, 0.2) is 6.29 Å². The van der Waals surface area contributed by atoms with Crippen LogP contribution in [-0.4, -0.2) is 84.8 Å². The second-order valence-corrected chi connectivity index (χ2v) is 5.03. The molecule has 1 aromatic heterocycles. The van der Waals surface area contributed by atoms with E-state index in [1.807, 2.05) is 0 Å². The Hall–Kier alpha value is -1.60. The number of aliphatic hydroxyl groups excluding tert-OH is 4. The summed E-state index contributed by atoms with van der Waals surface area (Å²) in [7, 11) is 0. The molecule has 1 saturated heterocycles. The summed E-state index contributed by atoms with van der Waals surface area (Å²) in [6.45, 7) is -0.470. The van der Waals surface area contributed by atoms with Crippen molar-refractivity contribution in [2.24, 2.45) is 11.5 Å². The van der Waals surface area contributed by atoms with Crippen LogP contribution >= 0.6 is 0 Å². The second kappa shape index (κ2) is 8.88. The fourth-order valence-electron chi connectivity index (χ4n) is 1.84. The van der Waals surface area contributed by atoms with Crippen molar-refractivity contribution in [3.05, 3.63) is 18.2 Å².